The van der Waals surface area contributed by atoms with Crippen molar-refractivity contribution in [1.82, 2.24) is 10.3 Å². The maximum absolute atomic E-state index is 9.66. The zero-order valence-corrected chi connectivity index (χ0v) is 11.7. The molecule has 1 aromatic heterocycles. The van der Waals surface area contributed by atoms with E-state index in [0.29, 0.717) is 6.54 Å². The van der Waals surface area contributed by atoms with Gasteiger partial charge in [-0.15, -0.1) is 0 Å². The monoisotopic (exact) mass is 266 g/mol. The van der Waals surface area contributed by atoms with Crippen LogP contribution in [0.5, 0.6) is 0 Å². The van der Waals surface area contributed by atoms with Crippen molar-refractivity contribution in [3.05, 3.63) is 35.0 Å². The molecule has 1 atom stereocenters. The Labute approximate surface area is 112 Å². The standard InChI is InChI=1S/C14H19ClN2O/c1-9(18)14(2,3)16-8-12-13(15)10-6-4-5-7-11(10)17-12/h4-7,9,16-18H,8H2,1-3H3. The van der Waals surface area contributed by atoms with Crippen LogP contribution in [0.1, 0.15) is 26.5 Å². The second-order valence-electron chi connectivity index (χ2n) is 5.21. The molecule has 1 aromatic carbocycles. The zero-order chi connectivity index (χ0) is 13.3. The summed E-state index contributed by atoms with van der Waals surface area (Å²) in [5.74, 6) is 0. The highest BCUT2D eigenvalue weighted by molar-refractivity contribution is 6.36. The summed E-state index contributed by atoms with van der Waals surface area (Å²) in [6.45, 7) is 6.31. The minimum atomic E-state index is -0.430. The maximum Gasteiger partial charge on any atom is 0.0705 e. The van der Waals surface area contributed by atoms with Crippen LogP contribution in [0.3, 0.4) is 0 Å². The highest BCUT2D eigenvalue weighted by Crippen LogP contribution is 2.27. The molecule has 0 bridgehead atoms. The van der Waals surface area contributed by atoms with Crippen LogP contribution < -0.4 is 5.32 Å². The van der Waals surface area contributed by atoms with Crippen molar-refractivity contribution in [1.29, 1.82) is 0 Å². The molecule has 0 aliphatic heterocycles. The number of benzene rings is 1. The van der Waals surface area contributed by atoms with Crippen LogP contribution in [0, 0.1) is 0 Å². The van der Waals surface area contributed by atoms with E-state index in [9.17, 15) is 5.11 Å². The van der Waals surface area contributed by atoms with Gasteiger partial charge in [0, 0.05) is 28.7 Å². The molecule has 0 amide bonds. The molecule has 2 rings (SSSR count). The molecule has 0 aliphatic rings. The number of hydrogen-bond donors (Lipinski definition) is 3. The summed E-state index contributed by atoms with van der Waals surface area (Å²) in [5.41, 5.74) is 1.64. The van der Waals surface area contributed by atoms with Crippen molar-refractivity contribution < 1.29 is 5.11 Å². The Morgan fingerprint density at radius 1 is 1.39 bits per heavy atom. The van der Waals surface area contributed by atoms with Crippen molar-refractivity contribution in [2.75, 3.05) is 0 Å². The van der Waals surface area contributed by atoms with E-state index in [4.69, 9.17) is 11.6 Å². The molecule has 1 unspecified atom stereocenters. The largest absolute Gasteiger partial charge is 0.392 e. The van der Waals surface area contributed by atoms with Crippen LogP contribution in [0.25, 0.3) is 10.9 Å². The minimum absolute atomic E-state index is 0.347. The van der Waals surface area contributed by atoms with Gasteiger partial charge in [0.25, 0.3) is 0 Å². The molecule has 0 aliphatic carbocycles. The summed E-state index contributed by atoms with van der Waals surface area (Å²) in [5, 5.41) is 14.8. The third-order valence-electron chi connectivity index (χ3n) is 3.48. The number of halogens is 1. The van der Waals surface area contributed by atoms with Gasteiger partial charge in [-0.25, -0.2) is 0 Å². The third-order valence-corrected chi connectivity index (χ3v) is 3.91. The molecule has 0 saturated heterocycles. The van der Waals surface area contributed by atoms with E-state index >= 15 is 0 Å². The summed E-state index contributed by atoms with van der Waals surface area (Å²) in [4.78, 5) is 3.30. The molecule has 0 radical (unpaired) electrons. The van der Waals surface area contributed by atoms with Crippen LogP contribution in [0.4, 0.5) is 0 Å². The second kappa shape index (κ2) is 4.92. The normalized spacial score (nSPS) is 14.1. The van der Waals surface area contributed by atoms with E-state index in [-0.39, 0.29) is 5.54 Å². The molecular weight excluding hydrogens is 248 g/mol. The van der Waals surface area contributed by atoms with Gasteiger partial charge in [-0.05, 0) is 26.8 Å². The van der Waals surface area contributed by atoms with Crippen LogP contribution in [-0.2, 0) is 6.54 Å². The van der Waals surface area contributed by atoms with Crippen molar-refractivity contribution >= 4 is 22.5 Å². The van der Waals surface area contributed by atoms with E-state index < -0.39 is 6.10 Å². The van der Waals surface area contributed by atoms with Gasteiger partial charge >= 0.3 is 0 Å². The van der Waals surface area contributed by atoms with Gasteiger partial charge < -0.3 is 15.4 Å². The lowest BCUT2D eigenvalue weighted by Crippen LogP contribution is -2.47. The van der Waals surface area contributed by atoms with E-state index in [1.54, 1.807) is 6.92 Å². The van der Waals surface area contributed by atoms with Gasteiger partial charge in [0.2, 0.25) is 0 Å². The molecule has 3 N–H and O–H groups in total. The van der Waals surface area contributed by atoms with Crippen molar-refractivity contribution in [2.24, 2.45) is 0 Å². The summed E-state index contributed by atoms with van der Waals surface area (Å²) >= 11 is 6.33. The number of aromatic amines is 1. The van der Waals surface area contributed by atoms with Gasteiger partial charge in [-0.2, -0.15) is 0 Å². The Balaban J connectivity index is 2.20. The van der Waals surface area contributed by atoms with E-state index in [1.807, 2.05) is 38.1 Å². The van der Waals surface area contributed by atoms with E-state index in [2.05, 4.69) is 10.3 Å². The molecule has 18 heavy (non-hydrogen) atoms. The van der Waals surface area contributed by atoms with Crippen molar-refractivity contribution in [2.45, 2.75) is 39.0 Å². The fraction of sp³-hybridized carbons (Fsp3) is 0.429. The number of aliphatic hydroxyl groups excluding tert-OH is 1. The lowest BCUT2D eigenvalue weighted by atomic mass is 9.99. The number of nitrogens with one attached hydrogen (secondary N) is 2. The Hall–Kier alpha value is -1.03. The first-order valence-corrected chi connectivity index (χ1v) is 6.48. The minimum Gasteiger partial charge on any atom is -0.392 e. The van der Waals surface area contributed by atoms with Gasteiger partial charge in [-0.3, -0.25) is 0 Å². The Morgan fingerprint density at radius 2 is 2.06 bits per heavy atom. The molecule has 98 valence electrons. The fourth-order valence-electron chi connectivity index (χ4n) is 1.75. The number of para-hydroxylation sites is 1. The lowest BCUT2D eigenvalue weighted by molar-refractivity contribution is 0.0954. The first-order valence-electron chi connectivity index (χ1n) is 6.10. The number of rotatable bonds is 4. The fourth-order valence-corrected chi connectivity index (χ4v) is 2.03. The van der Waals surface area contributed by atoms with Crippen molar-refractivity contribution in [3.8, 4) is 0 Å². The molecule has 0 fully saturated rings. The summed E-state index contributed by atoms with van der Waals surface area (Å²) in [7, 11) is 0. The lowest BCUT2D eigenvalue weighted by Gasteiger charge is -2.29. The SMILES string of the molecule is CC(O)C(C)(C)NCc1[nH]c2ccccc2c1Cl. The number of hydrogen-bond acceptors (Lipinski definition) is 2. The smallest absolute Gasteiger partial charge is 0.0705 e. The predicted molar refractivity (Wildman–Crippen MR) is 75.9 cm³/mol. The van der Waals surface area contributed by atoms with Crippen LogP contribution in [0.2, 0.25) is 5.02 Å². The van der Waals surface area contributed by atoms with E-state index in [1.165, 1.54) is 0 Å². The first kappa shape index (κ1) is 13.4. The van der Waals surface area contributed by atoms with Crippen LogP contribution in [0.15, 0.2) is 24.3 Å². The van der Waals surface area contributed by atoms with Gasteiger partial charge in [0.1, 0.15) is 0 Å². The predicted octanol–water partition coefficient (Wildman–Crippen LogP) is 3.07. The second-order valence-corrected chi connectivity index (χ2v) is 5.59. The maximum atomic E-state index is 9.66. The molecule has 4 heteroatoms. The average Bonchev–Trinajstić information content (AvgIpc) is 2.64. The summed E-state index contributed by atoms with van der Waals surface area (Å²) in [6.07, 6.45) is -0.430. The average molecular weight is 267 g/mol. The van der Waals surface area contributed by atoms with Crippen molar-refractivity contribution in [3.63, 3.8) is 0 Å². The summed E-state index contributed by atoms with van der Waals surface area (Å²) < 4.78 is 0. The zero-order valence-electron chi connectivity index (χ0n) is 10.9. The van der Waals surface area contributed by atoms with Gasteiger partial charge in [-0.1, -0.05) is 29.8 Å². The van der Waals surface area contributed by atoms with Gasteiger partial charge in [0.15, 0.2) is 0 Å². The molecule has 0 saturated carbocycles. The van der Waals surface area contributed by atoms with Crippen LogP contribution in [-0.4, -0.2) is 21.7 Å². The summed E-state index contributed by atoms with van der Waals surface area (Å²) in [6, 6.07) is 7.95. The third kappa shape index (κ3) is 2.53. The van der Waals surface area contributed by atoms with E-state index in [0.717, 1.165) is 21.6 Å². The molecule has 0 spiro atoms. The Bertz CT molecular complexity index is 546. The number of H-pyrrole nitrogens is 1. The van der Waals surface area contributed by atoms with Gasteiger partial charge in [0.05, 0.1) is 11.1 Å². The number of fused-ring (bicyclic) bond motifs is 1. The highest BCUT2D eigenvalue weighted by Gasteiger charge is 2.23. The number of aromatic nitrogens is 1. The topological polar surface area (TPSA) is 48.0 Å². The Morgan fingerprint density at radius 3 is 2.67 bits per heavy atom. The molecule has 3 nitrogen and oxygen atoms in total. The Kier molecular flexibility index (Phi) is 3.66. The molecule has 1 heterocycles. The molecular formula is C14H19ClN2O. The quantitative estimate of drug-likeness (QED) is 0.797. The first-order chi connectivity index (χ1) is 8.42. The van der Waals surface area contributed by atoms with Crippen LogP contribution >= 0.6 is 11.6 Å². The molecule has 2 aromatic rings. The highest BCUT2D eigenvalue weighted by atomic mass is 35.5. The number of aliphatic hydroxyl groups is 1.